The number of aromatic nitrogens is 2. The Bertz CT molecular complexity index is 873. The molecule has 0 fully saturated rings. The van der Waals surface area contributed by atoms with Crippen molar-refractivity contribution in [3.8, 4) is 5.75 Å². The summed E-state index contributed by atoms with van der Waals surface area (Å²) in [6, 6.07) is 9.69. The number of hydrogen-bond acceptors (Lipinski definition) is 4. The third-order valence-electron chi connectivity index (χ3n) is 3.27. The van der Waals surface area contributed by atoms with Crippen LogP contribution in [0.5, 0.6) is 5.75 Å². The molecule has 122 valence electrons. The Hall–Kier alpha value is -2.60. The van der Waals surface area contributed by atoms with Crippen molar-refractivity contribution in [3.63, 3.8) is 0 Å². The van der Waals surface area contributed by atoms with Gasteiger partial charge in [0.2, 0.25) is 0 Å². The van der Waals surface area contributed by atoms with Crippen LogP contribution in [-0.2, 0) is 9.53 Å². The zero-order valence-corrected chi connectivity index (χ0v) is 14.3. The van der Waals surface area contributed by atoms with Crippen molar-refractivity contribution >= 4 is 38.9 Å². The summed E-state index contributed by atoms with van der Waals surface area (Å²) in [4.78, 5) is 18.8. The third kappa shape index (κ3) is 4.45. The van der Waals surface area contributed by atoms with E-state index in [4.69, 9.17) is 9.47 Å². The molecular weight excluding hydrogens is 372 g/mol. The Balaban J connectivity index is 1.45. The van der Waals surface area contributed by atoms with E-state index in [9.17, 15) is 4.79 Å². The van der Waals surface area contributed by atoms with Crippen molar-refractivity contribution in [2.75, 3.05) is 13.2 Å². The number of pyridine rings is 1. The van der Waals surface area contributed by atoms with Crippen molar-refractivity contribution < 1.29 is 14.3 Å². The van der Waals surface area contributed by atoms with Gasteiger partial charge in [0.1, 0.15) is 19.0 Å². The maximum Gasteiger partial charge on any atom is 0.330 e. The van der Waals surface area contributed by atoms with E-state index in [0.717, 1.165) is 20.9 Å². The van der Waals surface area contributed by atoms with Crippen molar-refractivity contribution in [1.82, 2.24) is 9.97 Å². The summed E-state index contributed by atoms with van der Waals surface area (Å²) < 4.78 is 11.4. The zero-order valence-electron chi connectivity index (χ0n) is 12.7. The molecule has 24 heavy (non-hydrogen) atoms. The smallest absolute Gasteiger partial charge is 0.330 e. The summed E-state index contributed by atoms with van der Waals surface area (Å²) in [5, 5.41) is 1.10. The fourth-order valence-electron chi connectivity index (χ4n) is 2.16. The van der Waals surface area contributed by atoms with E-state index in [1.54, 1.807) is 24.5 Å². The first-order valence-corrected chi connectivity index (χ1v) is 8.15. The molecule has 1 aromatic carbocycles. The number of carbonyl (C=O) groups excluding carboxylic acids is 1. The van der Waals surface area contributed by atoms with Gasteiger partial charge in [0.15, 0.2) is 0 Å². The number of rotatable bonds is 6. The molecule has 0 aliphatic carbocycles. The fourth-order valence-corrected chi connectivity index (χ4v) is 2.50. The first-order chi connectivity index (χ1) is 11.7. The van der Waals surface area contributed by atoms with Gasteiger partial charge >= 0.3 is 5.97 Å². The SMILES string of the molecule is O=C(/C=C/c1ccc2[nH]ccc2c1)OCCOc1cncc(Br)c1. The molecule has 0 saturated heterocycles. The van der Waals surface area contributed by atoms with Crippen LogP contribution in [0.25, 0.3) is 17.0 Å². The van der Waals surface area contributed by atoms with Gasteiger partial charge < -0.3 is 14.5 Å². The number of hydrogen-bond donors (Lipinski definition) is 1. The number of ether oxygens (including phenoxy) is 2. The lowest BCUT2D eigenvalue weighted by Crippen LogP contribution is -2.10. The molecule has 0 unspecified atom stereocenters. The van der Waals surface area contributed by atoms with Crippen LogP contribution in [0.4, 0.5) is 0 Å². The van der Waals surface area contributed by atoms with Gasteiger partial charge in [-0.25, -0.2) is 4.79 Å². The van der Waals surface area contributed by atoms with E-state index >= 15 is 0 Å². The minimum Gasteiger partial charge on any atom is -0.488 e. The van der Waals surface area contributed by atoms with Crippen LogP contribution in [0.3, 0.4) is 0 Å². The predicted molar refractivity (Wildman–Crippen MR) is 95.7 cm³/mol. The van der Waals surface area contributed by atoms with Crippen LogP contribution < -0.4 is 4.74 Å². The summed E-state index contributed by atoms with van der Waals surface area (Å²) in [6.07, 6.45) is 8.29. The molecule has 3 rings (SSSR count). The van der Waals surface area contributed by atoms with Gasteiger partial charge in [-0.2, -0.15) is 0 Å². The lowest BCUT2D eigenvalue weighted by Gasteiger charge is -2.06. The molecule has 0 saturated carbocycles. The Kier molecular flexibility index (Phi) is 5.28. The molecule has 2 aromatic heterocycles. The number of fused-ring (bicyclic) bond motifs is 1. The van der Waals surface area contributed by atoms with Gasteiger partial charge in [-0.1, -0.05) is 6.07 Å². The molecular formula is C18H15BrN2O3. The van der Waals surface area contributed by atoms with Crippen LogP contribution in [0.1, 0.15) is 5.56 Å². The summed E-state index contributed by atoms with van der Waals surface area (Å²) in [6.45, 7) is 0.444. The Labute approximate surface area is 147 Å². The summed E-state index contributed by atoms with van der Waals surface area (Å²) in [7, 11) is 0. The third-order valence-corrected chi connectivity index (χ3v) is 3.70. The van der Waals surface area contributed by atoms with Crippen molar-refractivity contribution in [2.45, 2.75) is 0 Å². The average molecular weight is 387 g/mol. The van der Waals surface area contributed by atoms with Crippen LogP contribution >= 0.6 is 15.9 Å². The van der Waals surface area contributed by atoms with E-state index in [-0.39, 0.29) is 13.2 Å². The molecule has 2 heterocycles. The highest BCUT2D eigenvalue weighted by Gasteiger charge is 2.00. The van der Waals surface area contributed by atoms with Crippen molar-refractivity contribution in [3.05, 3.63) is 65.0 Å². The highest BCUT2D eigenvalue weighted by Crippen LogP contribution is 2.16. The number of nitrogens with zero attached hydrogens (tertiary/aromatic N) is 1. The second-order valence-electron chi connectivity index (χ2n) is 5.01. The van der Waals surface area contributed by atoms with Crippen LogP contribution in [0, 0.1) is 0 Å². The van der Waals surface area contributed by atoms with Crippen LogP contribution in [0.15, 0.2) is 59.5 Å². The standard InChI is InChI=1S/C18H15BrN2O3/c19-15-10-16(12-20-11-15)23-7-8-24-18(22)4-2-13-1-3-17-14(9-13)5-6-21-17/h1-6,9-12,21H,7-8H2/b4-2+. The number of carbonyl (C=O) groups is 1. The normalized spacial score (nSPS) is 11.0. The van der Waals surface area contributed by atoms with Gasteiger partial charge in [-0.15, -0.1) is 0 Å². The topological polar surface area (TPSA) is 64.2 Å². The maximum atomic E-state index is 11.7. The number of H-pyrrole nitrogens is 1. The molecule has 0 atom stereocenters. The second kappa shape index (κ2) is 7.79. The van der Waals surface area contributed by atoms with E-state index in [2.05, 4.69) is 25.9 Å². The summed E-state index contributed by atoms with van der Waals surface area (Å²) in [5.41, 5.74) is 2.00. The molecule has 1 N–H and O–H groups in total. The summed E-state index contributed by atoms with van der Waals surface area (Å²) in [5.74, 6) is 0.218. The number of esters is 1. The second-order valence-corrected chi connectivity index (χ2v) is 5.93. The molecule has 3 aromatic rings. The molecule has 0 spiro atoms. The average Bonchev–Trinajstić information content (AvgIpc) is 3.05. The zero-order chi connectivity index (χ0) is 16.8. The molecule has 6 heteroatoms. The predicted octanol–water partition coefficient (Wildman–Crippen LogP) is 3.96. The highest BCUT2D eigenvalue weighted by atomic mass is 79.9. The number of nitrogens with one attached hydrogen (secondary N) is 1. The van der Waals surface area contributed by atoms with E-state index in [0.29, 0.717) is 5.75 Å². The molecule has 0 aliphatic rings. The van der Waals surface area contributed by atoms with E-state index in [1.807, 2.05) is 30.5 Å². The number of benzene rings is 1. The van der Waals surface area contributed by atoms with E-state index < -0.39 is 5.97 Å². The number of halogens is 1. The van der Waals surface area contributed by atoms with Crippen LogP contribution in [-0.4, -0.2) is 29.2 Å². The lowest BCUT2D eigenvalue weighted by molar-refractivity contribution is -0.138. The lowest BCUT2D eigenvalue weighted by atomic mass is 10.1. The number of aromatic amines is 1. The van der Waals surface area contributed by atoms with Crippen molar-refractivity contribution in [2.24, 2.45) is 0 Å². The Morgan fingerprint density at radius 2 is 2.12 bits per heavy atom. The molecule has 0 radical (unpaired) electrons. The minimum atomic E-state index is -0.403. The highest BCUT2D eigenvalue weighted by molar-refractivity contribution is 9.10. The van der Waals surface area contributed by atoms with Crippen LogP contribution in [0.2, 0.25) is 0 Å². The molecule has 5 nitrogen and oxygen atoms in total. The van der Waals surface area contributed by atoms with Gasteiger partial charge in [0.05, 0.1) is 6.20 Å². The van der Waals surface area contributed by atoms with Gasteiger partial charge in [0, 0.05) is 28.5 Å². The molecule has 0 amide bonds. The first-order valence-electron chi connectivity index (χ1n) is 7.36. The Morgan fingerprint density at radius 1 is 1.21 bits per heavy atom. The largest absolute Gasteiger partial charge is 0.488 e. The quantitative estimate of drug-likeness (QED) is 0.395. The van der Waals surface area contributed by atoms with E-state index in [1.165, 1.54) is 6.08 Å². The minimum absolute atomic E-state index is 0.173. The van der Waals surface area contributed by atoms with Gasteiger partial charge in [0.25, 0.3) is 0 Å². The van der Waals surface area contributed by atoms with Gasteiger partial charge in [-0.3, -0.25) is 4.98 Å². The van der Waals surface area contributed by atoms with Crippen molar-refractivity contribution in [1.29, 1.82) is 0 Å². The maximum absolute atomic E-state index is 11.7. The molecule has 0 aliphatic heterocycles. The Morgan fingerprint density at radius 3 is 3.00 bits per heavy atom. The monoisotopic (exact) mass is 386 g/mol. The summed E-state index contributed by atoms with van der Waals surface area (Å²) >= 11 is 3.31. The fraction of sp³-hybridized carbons (Fsp3) is 0.111. The van der Waals surface area contributed by atoms with Gasteiger partial charge in [-0.05, 0) is 57.2 Å². The first kappa shape index (κ1) is 16.3. The molecule has 0 bridgehead atoms.